The molecule has 1 N–H and O–H groups in total. The van der Waals surface area contributed by atoms with Crippen molar-refractivity contribution in [2.24, 2.45) is 0 Å². The molecule has 29 heavy (non-hydrogen) atoms. The van der Waals surface area contributed by atoms with Gasteiger partial charge in [0, 0.05) is 32.9 Å². The fourth-order valence-corrected chi connectivity index (χ4v) is 4.04. The first-order valence-corrected chi connectivity index (χ1v) is 10.0. The van der Waals surface area contributed by atoms with Crippen LogP contribution < -0.4 is 4.90 Å². The number of para-hydroxylation sites is 2. The Kier molecular flexibility index (Phi) is 5.54. The van der Waals surface area contributed by atoms with Gasteiger partial charge in [0.05, 0.1) is 0 Å². The number of aliphatic carboxylic acids is 1. The second-order valence-electron chi connectivity index (χ2n) is 6.43. The first-order chi connectivity index (χ1) is 14.2. The molecule has 1 aromatic heterocycles. The Morgan fingerprint density at radius 3 is 1.83 bits per heavy atom. The molecule has 0 spiro atoms. The van der Waals surface area contributed by atoms with Gasteiger partial charge in [0.25, 0.3) is 0 Å². The minimum atomic E-state index is -0.939. The third-order valence-corrected chi connectivity index (χ3v) is 5.56. The standard InChI is InChI=1S/C25H19NO2S/c27-25(28)18-16-23-15-17-24(29-23)19-11-13-22(14-12-19)26(20-7-3-1-4-8-20)21-9-5-2-6-10-21/h1-18H,(H,27,28)/b18-16+. The van der Waals surface area contributed by atoms with Crippen molar-refractivity contribution in [3.63, 3.8) is 0 Å². The number of carboxylic acids is 1. The van der Waals surface area contributed by atoms with Crippen molar-refractivity contribution in [3.05, 3.63) is 108 Å². The van der Waals surface area contributed by atoms with E-state index in [1.807, 2.05) is 48.5 Å². The van der Waals surface area contributed by atoms with Crippen molar-refractivity contribution in [1.29, 1.82) is 0 Å². The highest BCUT2D eigenvalue weighted by molar-refractivity contribution is 7.16. The lowest BCUT2D eigenvalue weighted by atomic mass is 10.1. The molecule has 0 aliphatic carbocycles. The maximum Gasteiger partial charge on any atom is 0.328 e. The molecule has 0 aliphatic heterocycles. The largest absolute Gasteiger partial charge is 0.478 e. The van der Waals surface area contributed by atoms with Crippen LogP contribution in [0.25, 0.3) is 16.5 Å². The summed E-state index contributed by atoms with van der Waals surface area (Å²) in [6.07, 6.45) is 2.79. The molecule has 4 heteroatoms. The number of hydrogen-bond donors (Lipinski definition) is 1. The van der Waals surface area contributed by atoms with E-state index in [0.717, 1.165) is 38.5 Å². The Labute approximate surface area is 173 Å². The van der Waals surface area contributed by atoms with E-state index in [4.69, 9.17) is 5.11 Å². The number of anilines is 3. The molecule has 1 heterocycles. The molecule has 0 saturated carbocycles. The average Bonchev–Trinajstić information content (AvgIpc) is 3.24. The van der Waals surface area contributed by atoms with E-state index >= 15 is 0 Å². The van der Waals surface area contributed by atoms with E-state index < -0.39 is 5.97 Å². The molecule has 0 unspecified atom stereocenters. The lowest BCUT2D eigenvalue weighted by molar-refractivity contribution is -0.131. The maximum absolute atomic E-state index is 10.7. The molecule has 0 saturated heterocycles. The number of carbonyl (C=O) groups is 1. The molecule has 0 atom stereocenters. The van der Waals surface area contributed by atoms with Gasteiger partial charge in [0.15, 0.2) is 0 Å². The summed E-state index contributed by atoms with van der Waals surface area (Å²) in [5.41, 5.74) is 4.39. The van der Waals surface area contributed by atoms with Crippen LogP contribution >= 0.6 is 11.3 Å². The van der Waals surface area contributed by atoms with Gasteiger partial charge in [-0.2, -0.15) is 0 Å². The Morgan fingerprint density at radius 2 is 1.28 bits per heavy atom. The molecule has 0 aliphatic rings. The zero-order valence-corrected chi connectivity index (χ0v) is 16.4. The van der Waals surface area contributed by atoms with Crippen LogP contribution in [0.5, 0.6) is 0 Å². The van der Waals surface area contributed by atoms with Crippen molar-refractivity contribution in [2.45, 2.75) is 0 Å². The van der Waals surface area contributed by atoms with Crippen molar-refractivity contribution in [3.8, 4) is 10.4 Å². The predicted octanol–water partition coefficient (Wildman–Crippen LogP) is 6.98. The van der Waals surface area contributed by atoms with Gasteiger partial charge in [-0.1, -0.05) is 48.5 Å². The molecule has 0 bridgehead atoms. The molecule has 4 rings (SSSR count). The van der Waals surface area contributed by atoms with Crippen molar-refractivity contribution in [2.75, 3.05) is 4.90 Å². The zero-order valence-electron chi connectivity index (χ0n) is 15.6. The molecule has 0 radical (unpaired) electrons. The Morgan fingerprint density at radius 1 is 0.724 bits per heavy atom. The van der Waals surface area contributed by atoms with Crippen LogP contribution in [-0.4, -0.2) is 11.1 Å². The van der Waals surface area contributed by atoms with E-state index in [2.05, 4.69) is 53.4 Å². The zero-order chi connectivity index (χ0) is 20.1. The third kappa shape index (κ3) is 4.45. The lowest BCUT2D eigenvalue weighted by Gasteiger charge is -2.25. The van der Waals surface area contributed by atoms with Gasteiger partial charge in [0.1, 0.15) is 0 Å². The number of nitrogens with zero attached hydrogens (tertiary/aromatic N) is 1. The fourth-order valence-electron chi connectivity index (χ4n) is 3.13. The van der Waals surface area contributed by atoms with E-state index in [1.165, 1.54) is 0 Å². The molecule has 3 aromatic carbocycles. The van der Waals surface area contributed by atoms with Crippen molar-refractivity contribution >= 4 is 40.4 Å². The first kappa shape index (κ1) is 18.7. The fraction of sp³-hybridized carbons (Fsp3) is 0. The minimum Gasteiger partial charge on any atom is -0.478 e. The van der Waals surface area contributed by atoms with Gasteiger partial charge in [-0.25, -0.2) is 4.79 Å². The van der Waals surface area contributed by atoms with Crippen LogP contribution in [0.2, 0.25) is 0 Å². The van der Waals surface area contributed by atoms with Gasteiger partial charge >= 0.3 is 5.97 Å². The summed E-state index contributed by atoms with van der Waals surface area (Å²) in [7, 11) is 0. The monoisotopic (exact) mass is 397 g/mol. The second kappa shape index (κ2) is 8.59. The van der Waals surface area contributed by atoms with Crippen LogP contribution in [0, 0.1) is 0 Å². The summed E-state index contributed by atoms with van der Waals surface area (Å²) in [5, 5.41) is 8.78. The van der Waals surface area contributed by atoms with E-state index in [-0.39, 0.29) is 0 Å². The highest BCUT2D eigenvalue weighted by Gasteiger charge is 2.12. The summed E-state index contributed by atoms with van der Waals surface area (Å²) in [4.78, 5) is 14.9. The minimum absolute atomic E-state index is 0.918. The summed E-state index contributed by atoms with van der Waals surface area (Å²) in [6, 6.07) is 33.0. The lowest BCUT2D eigenvalue weighted by Crippen LogP contribution is -2.09. The van der Waals surface area contributed by atoms with Gasteiger partial charge < -0.3 is 10.0 Å². The SMILES string of the molecule is O=C(O)/C=C/c1ccc(-c2ccc(N(c3ccccc3)c3ccccc3)cc2)s1. The van der Waals surface area contributed by atoms with E-state index in [1.54, 1.807) is 17.4 Å². The topological polar surface area (TPSA) is 40.5 Å². The van der Waals surface area contributed by atoms with E-state index in [9.17, 15) is 4.79 Å². The average molecular weight is 397 g/mol. The third-order valence-electron chi connectivity index (χ3n) is 4.46. The summed E-state index contributed by atoms with van der Waals surface area (Å²) in [5.74, 6) is -0.939. The van der Waals surface area contributed by atoms with Gasteiger partial charge in [-0.3, -0.25) is 0 Å². The molecule has 142 valence electrons. The Hall–Kier alpha value is -3.63. The van der Waals surface area contributed by atoms with Crippen LogP contribution in [0.1, 0.15) is 4.88 Å². The number of thiophene rings is 1. The van der Waals surface area contributed by atoms with Crippen LogP contribution in [0.15, 0.2) is 103 Å². The molecule has 3 nitrogen and oxygen atoms in total. The summed E-state index contributed by atoms with van der Waals surface area (Å²) >= 11 is 1.57. The number of rotatable bonds is 6. The number of carboxylic acid groups (broad SMARTS) is 1. The number of hydrogen-bond acceptors (Lipinski definition) is 3. The van der Waals surface area contributed by atoms with Crippen LogP contribution in [0.3, 0.4) is 0 Å². The molecular formula is C25H19NO2S. The predicted molar refractivity (Wildman–Crippen MR) is 121 cm³/mol. The normalized spacial score (nSPS) is 10.9. The van der Waals surface area contributed by atoms with Crippen LogP contribution in [0.4, 0.5) is 17.1 Å². The quantitative estimate of drug-likeness (QED) is 0.357. The highest BCUT2D eigenvalue weighted by atomic mass is 32.1. The Balaban J connectivity index is 1.65. The van der Waals surface area contributed by atoms with E-state index in [0.29, 0.717) is 0 Å². The summed E-state index contributed by atoms with van der Waals surface area (Å²) in [6.45, 7) is 0. The summed E-state index contributed by atoms with van der Waals surface area (Å²) < 4.78 is 0. The number of benzene rings is 3. The molecule has 0 fully saturated rings. The van der Waals surface area contributed by atoms with Crippen molar-refractivity contribution < 1.29 is 9.90 Å². The van der Waals surface area contributed by atoms with Crippen LogP contribution in [-0.2, 0) is 4.79 Å². The molecule has 4 aromatic rings. The maximum atomic E-state index is 10.7. The first-order valence-electron chi connectivity index (χ1n) is 9.22. The molecular weight excluding hydrogens is 378 g/mol. The Bertz CT molecular complexity index is 1080. The van der Waals surface area contributed by atoms with Gasteiger partial charge in [0.2, 0.25) is 0 Å². The highest BCUT2D eigenvalue weighted by Crippen LogP contribution is 2.36. The molecule has 0 amide bonds. The second-order valence-corrected chi connectivity index (χ2v) is 7.54. The smallest absolute Gasteiger partial charge is 0.328 e. The van der Waals surface area contributed by atoms with Gasteiger partial charge in [-0.05, 0) is 60.2 Å². The van der Waals surface area contributed by atoms with Gasteiger partial charge in [-0.15, -0.1) is 11.3 Å². The van der Waals surface area contributed by atoms with Crippen molar-refractivity contribution in [1.82, 2.24) is 0 Å².